The second-order valence-corrected chi connectivity index (χ2v) is 5.83. The summed E-state index contributed by atoms with van der Waals surface area (Å²) in [7, 11) is 0. The predicted molar refractivity (Wildman–Crippen MR) is 87.6 cm³/mol. The van der Waals surface area contributed by atoms with Crippen molar-refractivity contribution in [2.45, 2.75) is 32.5 Å². The number of hydrogen-bond acceptors (Lipinski definition) is 6. The Balaban J connectivity index is 2.04. The highest BCUT2D eigenvalue weighted by Gasteiger charge is 2.17. The molecule has 0 aliphatic rings. The van der Waals surface area contributed by atoms with Crippen LogP contribution in [-0.2, 0) is 11.3 Å². The fourth-order valence-corrected chi connectivity index (χ4v) is 2.90. The molecule has 1 aromatic carbocycles. The number of thioether (sulfide) groups is 1. The van der Waals surface area contributed by atoms with Crippen LogP contribution in [0.5, 0.6) is 0 Å². The van der Waals surface area contributed by atoms with E-state index in [4.69, 9.17) is 0 Å². The minimum atomic E-state index is -0.507. The highest BCUT2D eigenvalue weighted by Crippen LogP contribution is 2.26. The first kappa shape index (κ1) is 16.9. The molecular formula is C14H17N5O3S. The summed E-state index contributed by atoms with van der Waals surface area (Å²) in [5.41, 5.74) is 0.839. The Labute approximate surface area is 137 Å². The van der Waals surface area contributed by atoms with Crippen molar-refractivity contribution in [3.63, 3.8) is 0 Å². The summed E-state index contributed by atoms with van der Waals surface area (Å²) in [5.74, 6) is 0.554. The number of nitro groups is 1. The number of amides is 1. The normalized spacial score (nSPS) is 10.6. The van der Waals surface area contributed by atoms with Crippen LogP contribution in [0.15, 0.2) is 23.4 Å². The fourth-order valence-electron chi connectivity index (χ4n) is 2.05. The lowest BCUT2D eigenvalue weighted by Crippen LogP contribution is -2.15. The second kappa shape index (κ2) is 7.23. The number of anilines is 1. The Morgan fingerprint density at radius 1 is 1.39 bits per heavy atom. The van der Waals surface area contributed by atoms with E-state index in [-0.39, 0.29) is 23.0 Å². The van der Waals surface area contributed by atoms with Crippen LogP contribution in [0.25, 0.3) is 0 Å². The summed E-state index contributed by atoms with van der Waals surface area (Å²) < 4.78 is 1.90. The molecule has 0 saturated carbocycles. The summed E-state index contributed by atoms with van der Waals surface area (Å²) in [5, 5.41) is 22.3. The zero-order chi connectivity index (χ0) is 17.0. The quantitative estimate of drug-likeness (QED) is 0.494. The molecule has 2 rings (SSSR count). The maximum atomic E-state index is 12.0. The van der Waals surface area contributed by atoms with E-state index < -0.39 is 4.92 Å². The van der Waals surface area contributed by atoms with Crippen molar-refractivity contribution in [1.29, 1.82) is 0 Å². The summed E-state index contributed by atoms with van der Waals surface area (Å²) in [6.07, 6.45) is 0. The highest BCUT2D eigenvalue weighted by molar-refractivity contribution is 7.99. The zero-order valence-electron chi connectivity index (χ0n) is 13.1. The molecule has 0 fully saturated rings. The van der Waals surface area contributed by atoms with Gasteiger partial charge in [-0.25, -0.2) is 0 Å². The Kier molecular flexibility index (Phi) is 5.32. The van der Waals surface area contributed by atoms with E-state index in [1.807, 2.05) is 18.4 Å². The first-order valence-corrected chi connectivity index (χ1v) is 7.98. The summed E-state index contributed by atoms with van der Waals surface area (Å²) in [6, 6.07) is 4.68. The Bertz CT molecular complexity index is 744. The monoisotopic (exact) mass is 335 g/mol. The van der Waals surface area contributed by atoms with Gasteiger partial charge in [-0.15, -0.1) is 10.2 Å². The largest absolute Gasteiger partial charge is 0.320 e. The standard InChI is InChI=1S/C14H17N5O3S/c1-4-18-10(3)16-17-14(18)23-8-13(20)15-11-6-5-9(2)7-12(11)19(21)22/h5-7H,4,8H2,1-3H3,(H,15,20). The molecule has 8 nitrogen and oxygen atoms in total. The van der Waals surface area contributed by atoms with Gasteiger partial charge in [-0.3, -0.25) is 14.9 Å². The number of nitrogens with one attached hydrogen (secondary N) is 1. The molecular weight excluding hydrogens is 318 g/mol. The molecule has 2 aromatic rings. The molecule has 1 amide bonds. The number of aryl methyl sites for hydroxylation is 2. The van der Waals surface area contributed by atoms with Gasteiger partial charge in [0.15, 0.2) is 5.16 Å². The lowest BCUT2D eigenvalue weighted by atomic mass is 10.2. The van der Waals surface area contributed by atoms with Crippen molar-refractivity contribution in [3.05, 3.63) is 39.7 Å². The van der Waals surface area contributed by atoms with Crippen molar-refractivity contribution in [3.8, 4) is 0 Å². The van der Waals surface area contributed by atoms with Crippen LogP contribution in [0.4, 0.5) is 11.4 Å². The molecule has 0 aliphatic carbocycles. The van der Waals surface area contributed by atoms with E-state index in [1.165, 1.54) is 23.9 Å². The molecule has 0 radical (unpaired) electrons. The van der Waals surface area contributed by atoms with Crippen LogP contribution in [0.3, 0.4) is 0 Å². The first-order chi connectivity index (χ1) is 10.9. The smallest absolute Gasteiger partial charge is 0.293 e. The van der Waals surface area contributed by atoms with Crippen LogP contribution in [-0.4, -0.2) is 31.3 Å². The van der Waals surface area contributed by atoms with Crippen LogP contribution in [0.2, 0.25) is 0 Å². The first-order valence-electron chi connectivity index (χ1n) is 7.00. The number of hydrogen-bond donors (Lipinski definition) is 1. The van der Waals surface area contributed by atoms with Gasteiger partial charge in [0.05, 0.1) is 10.7 Å². The van der Waals surface area contributed by atoms with Gasteiger partial charge in [-0.2, -0.15) is 0 Å². The molecule has 0 atom stereocenters. The topological polar surface area (TPSA) is 103 Å². The van der Waals surface area contributed by atoms with Gasteiger partial charge in [0.2, 0.25) is 5.91 Å². The van der Waals surface area contributed by atoms with E-state index in [0.29, 0.717) is 11.7 Å². The van der Waals surface area contributed by atoms with Gasteiger partial charge < -0.3 is 9.88 Å². The molecule has 1 aromatic heterocycles. The van der Waals surface area contributed by atoms with Crippen molar-refractivity contribution < 1.29 is 9.72 Å². The molecule has 1 N–H and O–H groups in total. The summed E-state index contributed by atoms with van der Waals surface area (Å²) in [6.45, 7) is 6.28. The van der Waals surface area contributed by atoms with Gasteiger partial charge in [-0.05, 0) is 32.4 Å². The maximum absolute atomic E-state index is 12.0. The average molecular weight is 335 g/mol. The van der Waals surface area contributed by atoms with Crippen LogP contribution in [0, 0.1) is 24.0 Å². The molecule has 9 heteroatoms. The number of benzene rings is 1. The Morgan fingerprint density at radius 2 is 2.13 bits per heavy atom. The molecule has 0 spiro atoms. The maximum Gasteiger partial charge on any atom is 0.293 e. The van der Waals surface area contributed by atoms with Crippen molar-refractivity contribution in [1.82, 2.24) is 14.8 Å². The fraction of sp³-hybridized carbons (Fsp3) is 0.357. The van der Waals surface area contributed by atoms with Gasteiger partial charge in [0.1, 0.15) is 11.5 Å². The lowest BCUT2D eigenvalue weighted by molar-refractivity contribution is -0.384. The minimum absolute atomic E-state index is 0.100. The minimum Gasteiger partial charge on any atom is -0.320 e. The third kappa shape index (κ3) is 4.07. The SMILES string of the molecule is CCn1c(C)nnc1SCC(=O)Nc1ccc(C)cc1[N+](=O)[O-]. The van der Waals surface area contributed by atoms with E-state index in [1.54, 1.807) is 13.0 Å². The Hall–Kier alpha value is -2.42. The zero-order valence-corrected chi connectivity index (χ0v) is 13.9. The molecule has 23 heavy (non-hydrogen) atoms. The summed E-state index contributed by atoms with van der Waals surface area (Å²) in [4.78, 5) is 22.6. The number of carbonyl (C=O) groups is 1. The number of aromatic nitrogens is 3. The lowest BCUT2D eigenvalue weighted by Gasteiger charge is -2.07. The van der Waals surface area contributed by atoms with E-state index in [9.17, 15) is 14.9 Å². The molecule has 1 heterocycles. The summed E-state index contributed by atoms with van der Waals surface area (Å²) >= 11 is 1.24. The molecule has 0 aliphatic heterocycles. The highest BCUT2D eigenvalue weighted by atomic mass is 32.2. The van der Waals surface area contributed by atoms with Gasteiger partial charge in [0.25, 0.3) is 5.69 Å². The number of nitro benzene ring substituents is 1. The van der Waals surface area contributed by atoms with Crippen molar-refractivity contribution in [2.75, 3.05) is 11.1 Å². The molecule has 0 unspecified atom stereocenters. The van der Waals surface area contributed by atoms with Gasteiger partial charge in [0, 0.05) is 12.6 Å². The van der Waals surface area contributed by atoms with Gasteiger partial charge >= 0.3 is 0 Å². The number of carbonyl (C=O) groups excluding carboxylic acids is 1. The van der Waals surface area contributed by atoms with Gasteiger partial charge in [-0.1, -0.05) is 17.8 Å². The van der Waals surface area contributed by atoms with Crippen LogP contribution in [0.1, 0.15) is 18.3 Å². The third-order valence-electron chi connectivity index (χ3n) is 3.17. The predicted octanol–water partition coefficient (Wildman–Crippen LogP) is 2.55. The molecule has 122 valence electrons. The second-order valence-electron chi connectivity index (χ2n) is 4.89. The van der Waals surface area contributed by atoms with Crippen molar-refractivity contribution >= 4 is 29.0 Å². The van der Waals surface area contributed by atoms with Crippen molar-refractivity contribution in [2.24, 2.45) is 0 Å². The van der Waals surface area contributed by atoms with Crippen LogP contribution < -0.4 is 5.32 Å². The molecule has 0 saturated heterocycles. The Morgan fingerprint density at radius 3 is 2.78 bits per heavy atom. The molecule has 0 bridgehead atoms. The van der Waals surface area contributed by atoms with E-state index >= 15 is 0 Å². The average Bonchev–Trinajstić information content (AvgIpc) is 2.86. The van der Waals surface area contributed by atoms with Crippen LogP contribution >= 0.6 is 11.8 Å². The third-order valence-corrected chi connectivity index (χ3v) is 4.14. The number of nitrogens with zero attached hydrogens (tertiary/aromatic N) is 4. The number of rotatable bonds is 6. The van der Waals surface area contributed by atoms with E-state index in [0.717, 1.165) is 11.4 Å². The van der Waals surface area contributed by atoms with E-state index in [2.05, 4.69) is 15.5 Å².